The Morgan fingerprint density at radius 2 is 2.08 bits per heavy atom. The Bertz CT molecular complexity index is 1270. The molecule has 2 N–H and O–H groups in total. The fourth-order valence-electron chi connectivity index (χ4n) is 4.93. The van der Waals surface area contributed by atoms with Gasteiger partial charge in [0.25, 0.3) is 6.72 Å². The van der Waals surface area contributed by atoms with Gasteiger partial charge in [-0.1, -0.05) is 41.4 Å². The molecule has 2 aliphatic heterocycles. The molecular formula is C29H38Cl2N7OS+. The minimum atomic E-state index is -0.379. The van der Waals surface area contributed by atoms with Crippen LogP contribution >= 0.6 is 35.0 Å². The Morgan fingerprint density at radius 3 is 2.80 bits per heavy atom. The number of thioether (sulfide) groups is 1. The smallest absolute Gasteiger partial charge is 0.317 e. The molecule has 2 aliphatic rings. The molecular weight excluding hydrogens is 565 g/mol. The van der Waals surface area contributed by atoms with Crippen LogP contribution in [-0.4, -0.2) is 91.0 Å². The maximum Gasteiger partial charge on any atom is 0.317 e. The molecule has 0 aliphatic carbocycles. The molecule has 2 aromatic rings. The highest BCUT2D eigenvalue weighted by Gasteiger charge is 2.38. The normalized spacial score (nSPS) is 19.8. The van der Waals surface area contributed by atoms with Crippen LogP contribution in [0.25, 0.3) is 0 Å². The Balaban J connectivity index is 1.51. The lowest BCUT2D eigenvalue weighted by Crippen LogP contribution is -2.55. The molecule has 1 aromatic heterocycles. The Morgan fingerprint density at radius 1 is 1.27 bits per heavy atom. The molecule has 4 rings (SSSR count). The second-order valence-corrected chi connectivity index (χ2v) is 12.3. The average molecular weight is 604 g/mol. The molecule has 0 saturated carbocycles. The van der Waals surface area contributed by atoms with Crippen molar-refractivity contribution in [1.29, 1.82) is 0 Å². The number of aromatic nitrogens is 2. The zero-order valence-electron chi connectivity index (χ0n) is 23.3. The van der Waals surface area contributed by atoms with E-state index in [0.717, 1.165) is 47.2 Å². The minimum absolute atomic E-state index is 0.227. The van der Waals surface area contributed by atoms with E-state index in [1.165, 1.54) is 0 Å². The summed E-state index contributed by atoms with van der Waals surface area (Å²) in [5.41, 5.74) is 2.32. The van der Waals surface area contributed by atoms with Crippen molar-refractivity contribution >= 4 is 65.6 Å². The van der Waals surface area contributed by atoms with Gasteiger partial charge >= 0.3 is 6.21 Å². The first-order chi connectivity index (χ1) is 19.3. The monoisotopic (exact) mass is 602 g/mol. The fraction of sp³-hybridized carbons (Fsp3) is 0.483. The van der Waals surface area contributed by atoms with E-state index < -0.39 is 0 Å². The summed E-state index contributed by atoms with van der Waals surface area (Å²) in [5, 5.41) is 8.21. The molecule has 1 aromatic carbocycles. The zero-order chi connectivity index (χ0) is 28.5. The third-order valence-electron chi connectivity index (χ3n) is 7.23. The summed E-state index contributed by atoms with van der Waals surface area (Å²) in [7, 11) is 0. The van der Waals surface area contributed by atoms with Crippen LogP contribution in [0, 0.1) is 5.41 Å². The second kappa shape index (κ2) is 14.4. The molecule has 11 heteroatoms. The summed E-state index contributed by atoms with van der Waals surface area (Å²) >= 11 is 14.3. The number of amides is 1. The number of rotatable bonds is 9. The molecule has 8 nitrogen and oxygen atoms in total. The third kappa shape index (κ3) is 7.59. The molecule has 214 valence electrons. The van der Waals surface area contributed by atoms with Crippen LogP contribution in [-0.2, 0) is 17.6 Å². The Hall–Kier alpha value is -2.55. The van der Waals surface area contributed by atoms with Crippen molar-refractivity contribution in [3.8, 4) is 0 Å². The van der Waals surface area contributed by atoms with Crippen molar-refractivity contribution in [2.24, 2.45) is 5.41 Å². The van der Waals surface area contributed by atoms with E-state index >= 15 is 0 Å². The predicted molar refractivity (Wildman–Crippen MR) is 171 cm³/mol. The largest absolute Gasteiger partial charge is 0.369 e. The SMILES string of the molecule is C=[N+]=Cc1nc(N2CCN(C(=O)C3(C)CNCCSC3)CC2)nc(NCCc2ccc(Cl)cc2Cl)c1C/C=C\C. The lowest BCUT2D eigenvalue weighted by Gasteiger charge is -2.39. The van der Waals surface area contributed by atoms with Gasteiger partial charge in [0, 0.05) is 72.9 Å². The first-order valence-electron chi connectivity index (χ1n) is 13.7. The van der Waals surface area contributed by atoms with Gasteiger partial charge in [0.15, 0.2) is 5.69 Å². The minimum Gasteiger partial charge on any atom is -0.369 e. The van der Waals surface area contributed by atoms with E-state index in [9.17, 15) is 4.79 Å². The average Bonchev–Trinajstić information content (AvgIpc) is 3.18. The molecule has 40 heavy (non-hydrogen) atoms. The van der Waals surface area contributed by atoms with Gasteiger partial charge < -0.3 is 20.4 Å². The van der Waals surface area contributed by atoms with Crippen molar-refractivity contribution in [2.45, 2.75) is 26.7 Å². The number of benzene rings is 1. The van der Waals surface area contributed by atoms with Crippen LogP contribution in [0.1, 0.15) is 30.7 Å². The lowest BCUT2D eigenvalue weighted by atomic mass is 9.90. The van der Waals surface area contributed by atoms with E-state index in [1.807, 2.05) is 41.8 Å². The number of carbonyl (C=O) groups is 1. The van der Waals surface area contributed by atoms with Crippen LogP contribution in [0.2, 0.25) is 10.0 Å². The quantitative estimate of drug-likeness (QED) is 0.257. The van der Waals surface area contributed by atoms with Gasteiger partial charge in [0.1, 0.15) is 5.82 Å². The van der Waals surface area contributed by atoms with Gasteiger partial charge in [-0.05, 0) is 44.4 Å². The number of nitrogens with zero attached hydrogens (tertiary/aromatic N) is 5. The molecule has 0 radical (unpaired) electrons. The van der Waals surface area contributed by atoms with E-state index in [1.54, 1.807) is 12.3 Å². The number of nitrogens with one attached hydrogen (secondary N) is 2. The van der Waals surface area contributed by atoms with Gasteiger partial charge in [0.2, 0.25) is 11.9 Å². The number of carbonyl (C=O) groups excluding carboxylic acids is 1. The van der Waals surface area contributed by atoms with Crippen molar-refractivity contribution in [1.82, 2.24) is 24.9 Å². The number of halogens is 2. The Labute approximate surface area is 251 Å². The third-order valence-corrected chi connectivity index (χ3v) is 9.15. The topological polar surface area (TPSA) is 87.5 Å². The van der Waals surface area contributed by atoms with Crippen LogP contribution in [0.3, 0.4) is 0 Å². The van der Waals surface area contributed by atoms with Crippen LogP contribution in [0.5, 0.6) is 0 Å². The summed E-state index contributed by atoms with van der Waals surface area (Å²) in [6.07, 6.45) is 7.14. The first kappa shape index (κ1) is 30.4. The van der Waals surface area contributed by atoms with Crippen molar-refractivity contribution in [2.75, 3.05) is 67.5 Å². The summed E-state index contributed by atoms with van der Waals surface area (Å²) in [6.45, 7) is 12.6. The number of piperazine rings is 1. The van der Waals surface area contributed by atoms with Gasteiger partial charge in [-0.2, -0.15) is 16.7 Å². The molecule has 1 unspecified atom stereocenters. The second-order valence-electron chi connectivity index (χ2n) is 10.3. The lowest BCUT2D eigenvalue weighted by molar-refractivity contribution is -0.140. The van der Waals surface area contributed by atoms with Crippen molar-refractivity contribution in [3.05, 3.63) is 57.2 Å². The predicted octanol–water partition coefficient (Wildman–Crippen LogP) is 3.73. The van der Waals surface area contributed by atoms with Gasteiger partial charge in [-0.25, -0.2) is 4.98 Å². The summed E-state index contributed by atoms with van der Waals surface area (Å²) in [4.78, 5) is 27.4. The molecule has 2 saturated heterocycles. The van der Waals surface area contributed by atoms with Crippen molar-refractivity contribution in [3.63, 3.8) is 0 Å². The van der Waals surface area contributed by atoms with Crippen molar-refractivity contribution < 1.29 is 4.79 Å². The molecule has 2 fully saturated rings. The molecule has 0 spiro atoms. The van der Waals surface area contributed by atoms with Crippen LogP contribution in [0.4, 0.5) is 11.8 Å². The molecule has 3 heterocycles. The highest BCUT2D eigenvalue weighted by atomic mass is 35.5. The molecule has 0 bridgehead atoms. The summed E-state index contributed by atoms with van der Waals surface area (Å²) in [5.74, 6) is 3.50. The number of hydrogen-bond acceptors (Lipinski definition) is 7. The van der Waals surface area contributed by atoms with Gasteiger partial charge in [-0.15, -0.1) is 4.67 Å². The van der Waals surface area contributed by atoms with Crippen LogP contribution in [0.15, 0.2) is 30.4 Å². The fourth-order valence-corrected chi connectivity index (χ4v) is 6.54. The van der Waals surface area contributed by atoms with E-state index in [4.69, 9.17) is 33.2 Å². The van der Waals surface area contributed by atoms with E-state index in [0.29, 0.717) is 61.6 Å². The van der Waals surface area contributed by atoms with Gasteiger partial charge in [0.05, 0.1) is 5.41 Å². The van der Waals surface area contributed by atoms with Crippen LogP contribution < -0.4 is 20.2 Å². The van der Waals surface area contributed by atoms with E-state index in [-0.39, 0.29) is 11.3 Å². The first-order valence-corrected chi connectivity index (χ1v) is 15.6. The number of anilines is 2. The maximum atomic E-state index is 13.5. The zero-order valence-corrected chi connectivity index (χ0v) is 25.6. The van der Waals surface area contributed by atoms with Gasteiger partial charge in [-0.3, -0.25) is 4.79 Å². The number of allylic oxidation sites excluding steroid dienone is 2. The Kier molecular flexibility index (Phi) is 10.9. The number of hydrogen-bond donors (Lipinski definition) is 2. The maximum absolute atomic E-state index is 13.5. The summed E-state index contributed by atoms with van der Waals surface area (Å²) in [6, 6.07) is 5.56. The summed E-state index contributed by atoms with van der Waals surface area (Å²) < 4.78 is 4.03. The highest BCUT2D eigenvalue weighted by Crippen LogP contribution is 2.28. The van der Waals surface area contributed by atoms with E-state index in [2.05, 4.69) is 39.9 Å². The standard InChI is InChI=1S/C29H38Cl2N7OS/c1-4-5-6-23-25(18-32-3)35-28(36-26(23)34-10-9-21-7-8-22(30)17-24(21)31)38-14-12-37(13-15-38)27(39)29(2)19-33-11-16-40-20-29/h4-5,7-8,17-18,33H,3,6,9-16,19-20H2,1-2H3,(H,34,35,36)/q+1/b5-4-. The molecule has 1 amide bonds. The molecule has 1 atom stereocenters. The highest BCUT2D eigenvalue weighted by molar-refractivity contribution is 7.99.